The topological polar surface area (TPSA) is 48.9 Å². The molecule has 0 rings (SSSR count). The summed E-state index contributed by atoms with van der Waals surface area (Å²) in [5.74, 6) is 0.856. The first-order chi connectivity index (χ1) is 9.28. The monoisotopic (exact) mass is 272 g/mol. The SMILES string of the molecule is CCCN(CCC)CCCNC(=NC)NCCOC. The van der Waals surface area contributed by atoms with Crippen LogP contribution >= 0.6 is 0 Å². The number of nitrogens with zero attached hydrogens (tertiary/aromatic N) is 2. The lowest BCUT2D eigenvalue weighted by Gasteiger charge is -2.21. The molecule has 0 aromatic rings. The molecule has 0 aromatic heterocycles. The van der Waals surface area contributed by atoms with Crippen LogP contribution in [0.5, 0.6) is 0 Å². The van der Waals surface area contributed by atoms with E-state index in [1.54, 1.807) is 14.2 Å². The summed E-state index contributed by atoms with van der Waals surface area (Å²) in [6.07, 6.45) is 3.60. The summed E-state index contributed by atoms with van der Waals surface area (Å²) in [6, 6.07) is 0. The molecule has 0 aliphatic carbocycles. The molecule has 0 unspecified atom stereocenters. The minimum absolute atomic E-state index is 0.696. The van der Waals surface area contributed by atoms with Crippen molar-refractivity contribution in [1.29, 1.82) is 0 Å². The standard InChI is InChI=1S/C14H32N4O/c1-5-10-18(11-6-2)12-7-8-16-14(15-3)17-9-13-19-4/h5-13H2,1-4H3,(H2,15,16,17). The van der Waals surface area contributed by atoms with Crippen LogP contribution < -0.4 is 10.6 Å². The molecular formula is C14H32N4O. The Bertz CT molecular complexity index is 215. The number of aliphatic imine (C=N–C) groups is 1. The fraction of sp³-hybridized carbons (Fsp3) is 0.929. The molecule has 5 nitrogen and oxygen atoms in total. The van der Waals surface area contributed by atoms with Gasteiger partial charge < -0.3 is 20.3 Å². The first kappa shape index (κ1) is 18.2. The van der Waals surface area contributed by atoms with Crippen molar-refractivity contribution >= 4 is 5.96 Å². The smallest absolute Gasteiger partial charge is 0.191 e. The van der Waals surface area contributed by atoms with E-state index in [1.165, 1.54) is 25.9 Å². The Labute approximate surface area is 118 Å². The molecule has 0 amide bonds. The number of methoxy groups -OCH3 is 1. The third-order valence-corrected chi connectivity index (χ3v) is 2.85. The molecule has 5 heteroatoms. The van der Waals surface area contributed by atoms with Gasteiger partial charge in [0, 0.05) is 27.2 Å². The van der Waals surface area contributed by atoms with Crippen LogP contribution in [0.1, 0.15) is 33.1 Å². The van der Waals surface area contributed by atoms with Crippen molar-refractivity contribution in [2.75, 3.05) is 53.5 Å². The third-order valence-electron chi connectivity index (χ3n) is 2.85. The Kier molecular flexibility index (Phi) is 13.0. The van der Waals surface area contributed by atoms with Crippen molar-refractivity contribution in [2.24, 2.45) is 4.99 Å². The highest BCUT2D eigenvalue weighted by atomic mass is 16.5. The maximum Gasteiger partial charge on any atom is 0.191 e. The lowest BCUT2D eigenvalue weighted by molar-refractivity contribution is 0.203. The highest BCUT2D eigenvalue weighted by Crippen LogP contribution is 1.95. The first-order valence-corrected chi connectivity index (χ1v) is 7.44. The van der Waals surface area contributed by atoms with Crippen LogP contribution in [0.25, 0.3) is 0 Å². The number of ether oxygens (including phenoxy) is 1. The first-order valence-electron chi connectivity index (χ1n) is 7.44. The normalized spacial score (nSPS) is 11.9. The van der Waals surface area contributed by atoms with E-state index in [0.717, 1.165) is 32.0 Å². The van der Waals surface area contributed by atoms with E-state index in [-0.39, 0.29) is 0 Å². The molecule has 2 N–H and O–H groups in total. The molecular weight excluding hydrogens is 240 g/mol. The van der Waals surface area contributed by atoms with E-state index in [0.29, 0.717) is 6.61 Å². The van der Waals surface area contributed by atoms with Crippen LogP contribution in [0.2, 0.25) is 0 Å². The largest absolute Gasteiger partial charge is 0.383 e. The van der Waals surface area contributed by atoms with Gasteiger partial charge in [0.25, 0.3) is 0 Å². The van der Waals surface area contributed by atoms with Gasteiger partial charge in [-0.25, -0.2) is 0 Å². The number of hydrogen-bond acceptors (Lipinski definition) is 3. The van der Waals surface area contributed by atoms with Gasteiger partial charge in [-0.1, -0.05) is 13.8 Å². The maximum absolute atomic E-state index is 5.00. The van der Waals surface area contributed by atoms with Crippen molar-refractivity contribution in [1.82, 2.24) is 15.5 Å². The Morgan fingerprint density at radius 1 is 1.05 bits per heavy atom. The Balaban J connectivity index is 3.68. The van der Waals surface area contributed by atoms with Gasteiger partial charge in [-0.3, -0.25) is 4.99 Å². The summed E-state index contributed by atoms with van der Waals surface area (Å²) in [5, 5.41) is 6.53. The molecule has 0 aromatic carbocycles. The molecule has 19 heavy (non-hydrogen) atoms. The second kappa shape index (κ2) is 13.6. The van der Waals surface area contributed by atoms with Crippen molar-refractivity contribution in [3.05, 3.63) is 0 Å². The van der Waals surface area contributed by atoms with Crippen LogP contribution in [0.3, 0.4) is 0 Å². The molecule has 0 heterocycles. The number of nitrogens with one attached hydrogen (secondary N) is 2. The Morgan fingerprint density at radius 2 is 1.68 bits per heavy atom. The minimum atomic E-state index is 0.696. The van der Waals surface area contributed by atoms with Crippen LogP contribution in [0.15, 0.2) is 4.99 Å². The third kappa shape index (κ3) is 10.8. The lowest BCUT2D eigenvalue weighted by atomic mass is 10.3. The molecule has 0 fully saturated rings. The van der Waals surface area contributed by atoms with Crippen LogP contribution in [0.4, 0.5) is 0 Å². The zero-order valence-corrected chi connectivity index (χ0v) is 13.2. The zero-order chi connectivity index (χ0) is 14.3. The van der Waals surface area contributed by atoms with Crippen molar-refractivity contribution in [2.45, 2.75) is 33.1 Å². The summed E-state index contributed by atoms with van der Waals surface area (Å²) in [4.78, 5) is 6.70. The molecule has 0 saturated heterocycles. The number of rotatable bonds is 11. The van der Waals surface area contributed by atoms with E-state index in [1.807, 2.05) is 0 Å². The summed E-state index contributed by atoms with van der Waals surface area (Å²) in [6.45, 7) is 10.5. The van der Waals surface area contributed by atoms with Gasteiger partial charge in [0.05, 0.1) is 6.61 Å². The minimum Gasteiger partial charge on any atom is -0.383 e. The molecule has 0 atom stereocenters. The summed E-state index contributed by atoms with van der Waals surface area (Å²) in [5.41, 5.74) is 0. The number of hydrogen-bond donors (Lipinski definition) is 2. The van der Waals surface area contributed by atoms with E-state index in [4.69, 9.17) is 4.74 Å². The van der Waals surface area contributed by atoms with Gasteiger partial charge in [0.2, 0.25) is 0 Å². The fourth-order valence-electron chi connectivity index (χ4n) is 1.97. The van der Waals surface area contributed by atoms with E-state index in [9.17, 15) is 0 Å². The Hall–Kier alpha value is -0.810. The summed E-state index contributed by atoms with van der Waals surface area (Å²) in [7, 11) is 3.50. The van der Waals surface area contributed by atoms with Crippen LogP contribution in [0, 0.1) is 0 Å². The van der Waals surface area contributed by atoms with Crippen LogP contribution in [-0.2, 0) is 4.74 Å². The predicted molar refractivity (Wildman–Crippen MR) is 82.9 cm³/mol. The quantitative estimate of drug-likeness (QED) is 0.338. The number of guanidine groups is 1. The van der Waals surface area contributed by atoms with Crippen molar-refractivity contribution < 1.29 is 4.74 Å². The highest BCUT2D eigenvalue weighted by molar-refractivity contribution is 5.79. The predicted octanol–water partition coefficient (Wildman–Crippen LogP) is 1.31. The van der Waals surface area contributed by atoms with E-state index >= 15 is 0 Å². The zero-order valence-electron chi connectivity index (χ0n) is 13.2. The Morgan fingerprint density at radius 3 is 2.21 bits per heavy atom. The van der Waals surface area contributed by atoms with Crippen molar-refractivity contribution in [3.63, 3.8) is 0 Å². The molecule has 0 spiro atoms. The molecule has 0 bridgehead atoms. The fourth-order valence-corrected chi connectivity index (χ4v) is 1.97. The van der Waals surface area contributed by atoms with Gasteiger partial charge >= 0.3 is 0 Å². The molecule has 114 valence electrons. The van der Waals surface area contributed by atoms with E-state index in [2.05, 4.69) is 34.4 Å². The van der Waals surface area contributed by atoms with Gasteiger partial charge in [-0.2, -0.15) is 0 Å². The van der Waals surface area contributed by atoms with Crippen molar-refractivity contribution in [3.8, 4) is 0 Å². The van der Waals surface area contributed by atoms with Crippen LogP contribution in [-0.4, -0.2) is 64.3 Å². The molecule has 0 aliphatic rings. The van der Waals surface area contributed by atoms with Gasteiger partial charge in [-0.15, -0.1) is 0 Å². The molecule has 0 saturated carbocycles. The average molecular weight is 272 g/mol. The molecule has 0 radical (unpaired) electrons. The summed E-state index contributed by atoms with van der Waals surface area (Å²) < 4.78 is 5.00. The highest BCUT2D eigenvalue weighted by Gasteiger charge is 2.02. The lowest BCUT2D eigenvalue weighted by Crippen LogP contribution is -2.40. The molecule has 0 aliphatic heterocycles. The maximum atomic E-state index is 5.00. The summed E-state index contributed by atoms with van der Waals surface area (Å²) >= 11 is 0. The van der Waals surface area contributed by atoms with E-state index < -0.39 is 0 Å². The average Bonchev–Trinajstić information content (AvgIpc) is 2.42. The van der Waals surface area contributed by atoms with Gasteiger partial charge in [0.1, 0.15) is 0 Å². The van der Waals surface area contributed by atoms with Gasteiger partial charge in [-0.05, 0) is 38.9 Å². The second-order valence-electron chi connectivity index (χ2n) is 4.61. The second-order valence-corrected chi connectivity index (χ2v) is 4.61. The van der Waals surface area contributed by atoms with Gasteiger partial charge in [0.15, 0.2) is 5.96 Å².